The van der Waals surface area contributed by atoms with Crippen LogP contribution in [-0.4, -0.2) is 49.9 Å². The normalized spacial score (nSPS) is 15.0. The molecular weight excluding hydrogens is 370 g/mol. The molecule has 5 nitrogen and oxygen atoms in total. The van der Waals surface area contributed by atoms with Crippen molar-refractivity contribution < 1.29 is 22.7 Å². The number of ether oxygens (including phenoxy) is 1. The van der Waals surface area contributed by atoms with Gasteiger partial charge < -0.3 is 15.4 Å². The van der Waals surface area contributed by atoms with Gasteiger partial charge >= 0.3 is 6.36 Å². The number of amides is 1. The lowest BCUT2D eigenvalue weighted by atomic mass is 10.2. The lowest BCUT2D eigenvalue weighted by molar-refractivity contribution is -0.274. The fourth-order valence-electron chi connectivity index (χ4n) is 2.14. The highest BCUT2D eigenvalue weighted by molar-refractivity contribution is 5.85. The fraction of sp³-hybridized carbons (Fsp3) is 0.500. The molecule has 0 atom stereocenters. The Hall–Kier alpha value is -1.22. The maximum absolute atomic E-state index is 12.0. The molecular formula is C14H20Cl2F3N3O2. The Labute approximate surface area is 150 Å². The fourth-order valence-corrected chi connectivity index (χ4v) is 2.14. The number of carbonyl (C=O) groups is 1. The van der Waals surface area contributed by atoms with Crippen molar-refractivity contribution in [3.05, 3.63) is 29.8 Å². The van der Waals surface area contributed by atoms with E-state index >= 15 is 0 Å². The number of hydrogen-bond acceptors (Lipinski definition) is 4. The summed E-state index contributed by atoms with van der Waals surface area (Å²) in [5, 5.41) is 5.95. The Morgan fingerprint density at radius 1 is 1.17 bits per heavy atom. The molecule has 1 fully saturated rings. The molecule has 138 valence electrons. The average Bonchev–Trinajstić information content (AvgIpc) is 2.46. The number of piperazine rings is 1. The smallest absolute Gasteiger partial charge is 0.406 e. The Morgan fingerprint density at radius 3 is 2.29 bits per heavy atom. The summed E-state index contributed by atoms with van der Waals surface area (Å²) in [6.45, 7) is 4.00. The molecule has 24 heavy (non-hydrogen) atoms. The number of nitrogens with one attached hydrogen (secondary N) is 2. The third kappa shape index (κ3) is 8.58. The van der Waals surface area contributed by atoms with Crippen LogP contribution in [0, 0.1) is 0 Å². The molecule has 1 aromatic rings. The molecule has 0 spiro atoms. The summed E-state index contributed by atoms with van der Waals surface area (Å²) in [5.41, 5.74) is 0.711. The van der Waals surface area contributed by atoms with Crippen LogP contribution in [-0.2, 0) is 11.3 Å². The van der Waals surface area contributed by atoms with E-state index in [0.717, 1.165) is 26.2 Å². The van der Waals surface area contributed by atoms with Gasteiger partial charge in [-0.3, -0.25) is 9.69 Å². The van der Waals surface area contributed by atoms with Gasteiger partial charge in [0.2, 0.25) is 5.91 Å². The number of alkyl halides is 3. The van der Waals surface area contributed by atoms with Crippen LogP contribution >= 0.6 is 24.8 Å². The summed E-state index contributed by atoms with van der Waals surface area (Å²) in [5.74, 6) is -0.374. The molecule has 0 saturated carbocycles. The second kappa shape index (κ2) is 10.6. The lowest BCUT2D eigenvalue weighted by Crippen LogP contribution is -2.47. The number of carbonyl (C=O) groups excluding carboxylic acids is 1. The van der Waals surface area contributed by atoms with Crippen LogP contribution in [0.3, 0.4) is 0 Å². The molecule has 0 unspecified atom stereocenters. The van der Waals surface area contributed by atoms with Crippen LogP contribution in [0.1, 0.15) is 5.56 Å². The van der Waals surface area contributed by atoms with E-state index < -0.39 is 6.36 Å². The standard InChI is InChI=1S/C14H18F3N3O2.2ClH/c15-14(16,17)22-12-3-1-11(2-4-12)9-19-13(21)10-20-7-5-18-6-8-20;;/h1-4,18H,5-10H2,(H,19,21);2*1H. The van der Waals surface area contributed by atoms with E-state index in [2.05, 4.69) is 15.4 Å². The second-order valence-corrected chi connectivity index (χ2v) is 4.99. The van der Waals surface area contributed by atoms with Crippen molar-refractivity contribution in [3.63, 3.8) is 0 Å². The van der Waals surface area contributed by atoms with Crippen molar-refractivity contribution in [2.45, 2.75) is 12.9 Å². The van der Waals surface area contributed by atoms with Gasteiger partial charge in [-0.2, -0.15) is 0 Å². The van der Waals surface area contributed by atoms with Crippen molar-refractivity contribution in [2.24, 2.45) is 0 Å². The molecule has 1 aliphatic heterocycles. The summed E-state index contributed by atoms with van der Waals surface area (Å²) >= 11 is 0. The Kier molecular flexibility index (Phi) is 10.1. The van der Waals surface area contributed by atoms with Crippen LogP contribution in [0.25, 0.3) is 0 Å². The molecule has 0 radical (unpaired) electrons. The molecule has 1 amide bonds. The van der Waals surface area contributed by atoms with Crippen molar-refractivity contribution in [1.29, 1.82) is 0 Å². The predicted molar refractivity (Wildman–Crippen MR) is 88.8 cm³/mol. The predicted octanol–water partition coefficient (Wildman–Crippen LogP) is 1.95. The van der Waals surface area contributed by atoms with E-state index in [1.807, 2.05) is 4.90 Å². The van der Waals surface area contributed by atoms with Crippen LogP contribution in [0.4, 0.5) is 13.2 Å². The summed E-state index contributed by atoms with van der Waals surface area (Å²) in [4.78, 5) is 13.8. The van der Waals surface area contributed by atoms with E-state index in [-0.39, 0.29) is 43.0 Å². The van der Waals surface area contributed by atoms with Crippen LogP contribution in [0.2, 0.25) is 0 Å². The van der Waals surface area contributed by atoms with Gasteiger partial charge in [0, 0.05) is 32.7 Å². The number of halogens is 5. The van der Waals surface area contributed by atoms with Crippen molar-refractivity contribution in [3.8, 4) is 5.75 Å². The number of benzene rings is 1. The van der Waals surface area contributed by atoms with E-state index in [0.29, 0.717) is 12.1 Å². The van der Waals surface area contributed by atoms with Crippen LogP contribution in [0.5, 0.6) is 5.75 Å². The third-order valence-electron chi connectivity index (χ3n) is 3.22. The van der Waals surface area contributed by atoms with E-state index in [4.69, 9.17) is 0 Å². The molecule has 1 aliphatic rings. The zero-order valence-electron chi connectivity index (χ0n) is 12.8. The van der Waals surface area contributed by atoms with Gasteiger partial charge in [-0.25, -0.2) is 0 Å². The van der Waals surface area contributed by atoms with Crippen molar-refractivity contribution >= 4 is 30.7 Å². The molecule has 2 N–H and O–H groups in total. The highest BCUT2D eigenvalue weighted by Gasteiger charge is 2.30. The van der Waals surface area contributed by atoms with E-state index in [1.54, 1.807) is 0 Å². The Bertz CT molecular complexity index is 495. The first-order chi connectivity index (χ1) is 10.4. The quantitative estimate of drug-likeness (QED) is 0.807. The second-order valence-electron chi connectivity index (χ2n) is 4.99. The minimum atomic E-state index is -4.70. The Morgan fingerprint density at radius 2 is 1.75 bits per heavy atom. The van der Waals surface area contributed by atoms with Gasteiger partial charge in [0.1, 0.15) is 5.75 Å². The lowest BCUT2D eigenvalue weighted by Gasteiger charge is -2.26. The highest BCUT2D eigenvalue weighted by atomic mass is 35.5. The maximum atomic E-state index is 12.0. The molecule has 1 saturated heterocycles. The monoisotopic (exact) mass is 389 g/mol. The molecule has 0 bridgehead atoms. The van der Waals surface area contributed by atoms with Gasteiger partial charge in [-0.05, 0) is 17.7 Å². The van der Waals surface area contributed by atoms with Crippen LogP contribution < -0.4 is 15.4 Å². The van der Waals surface area contributed by atoms with Gasteiger partial charge in [0.25, 0.3) is 0 Å². The minimum Gasteiger partial charge on any atom is -0.406 e. The van der Waals surface area contributed by atoms with Crippen molar-refractivity contribution in [1.82, 2.24) is 15.5 Å². The largest absolute Gasteiger partial charge is 0.573 e. The molecule has 2 rings (SSSR count). The first-order valence-corrected chi connectivity index (χ1v) is 6.97. The highest BCUT2D eigenvalue weighted by Crippen LogP contribution is 2.22. The van der Waals surface area contributed by atoms with Gasteiger partial charge in [0.05, 0.1) is 6.54 Å². The summed E-state index contributed by atoms with van der Waals surface area (Å²) in [6, 6.07) is 5.44. The summed E-state index contributed by atoms with van der Waals surface area (Å²) in [7, 11) is 0. The average molecular weight is 390 g/mol. The van der Waals surface area contributed by atoms with Gasteiger partial charge in [-0.1, -0.05) is 12.1 Å². The van der Waals surface area contributed by atoms with E-state index in [9.17, 15) is 18.0 Å². The third-order valence-corrected chi connectivity index (χ3v) is 3.22. The Balaban J connectivity index is 0.00000264. The molecule has 0 aromatic heterocycles. The summed E-state index contributed by atoms with van der Waals surface area (Å²) in [6.07, 6.45) is -4.70. The first kappa shape index (κ1) is 22.8. The van der Waals surface area contributed by atoms with Crippen molar-refractivity contribution in [2.75, 3.05) is 32.7 Å². The number of nitrogens with zero attached hydrogens (tertiary/aromatic N) is 1. The van der Waals surface area contributed by atoms with Gasteiger partial charge in [-0.15, -0.1) is 38.0 Å². The zero-order valence-corrected chi connectivity index (χ0v) is 14.4. The van der Waals surface area contributed by atoms with E-state index in [1.165, 1.54) is 24.3 Å². The molecule has 1 aromatic carbocycles. The minimum absolute atomic E-state index is 0. The topological polar surface area (TPSA) is 53.6 Å². The SMILES string of the molecule is Cl.Cl.O=C(CN1CCNCC1)NCc1ccc(OC(F)(F)F)cc1. The molecule has 10 heteroatoms. The summed E-state index contributed by atoms with van der Waals surface area (Å²) < 4.78 is 39.9. The molecule has 0 aliphatic carbocycles. The molecule has 1 heterocycles. The first-order valence-electron chi connectivity index (χ1n) is 6.97. The zero-order chi connectivity index (χ0) is 16.0. The van der Waals surface area contributed by atoms with Crippen LogP contribution in [0.15, 0.2) is 24.3 Å². The maximum Gasteiger partial charge on any atom is 0.573 e. The number of rotatable bonds is 5. The number of hydrogen-bond donors (Lipinski definition) is 2. The van der Waals surface area contributed by atoms with Gasteiger partial charge in [0.15, 0.2) is 0 Å².